The Morgan fingerprint density at radius 3 is 2.22 bits per heavy atom. The number of allylic oxidation sites excluding steroid dienone is 2. The molecule has 0 heteroatoms. The highest BCUT2D eigenvalue weighted by Gasteiger charge is 1.97. The Hall–Kier alpha value is -0.260. The zero-order valence-electron chi connectivity index (χ0n) is 6.56. The Labute approximate surface area is 59.0 Å². The summed E-state index contributed by atoms with van der Waals surface area (Å²) < 4.78 is 0. The number of hydrogen-bond donors (Lipinski definition) is 0. The Balaban J connectivity index is 3.31. The minimum absolute atomic E-state index is 0.878. The standard InChI is InChI=1S/C9H17/c1-4-7-8-9(5-2)6-3/h4,7,9H,1,5-6,8H2,2-3H3. The summed E-state index contributed by atoms with van der Waals surface area (Å²) in [6, 6.07) is 0. The maximum absolute atomic E-state index is 3.65. The zero-order valence-corrected chi connectivity index (χ0v) is 6.56. The molecule has 0 nitrogen and oxygen atoms in total. The van der Waals surface area contributed by atoms with Crippen molar-refractivity contribution in [2.75, 3.05) is 0 Å². The van der Waals surface area contributed by atoms with E-state index in [0.29, 0.717) is 0 Å². The van der Waals surface area contributed by atoms with E-state index in [1.165, 1.54) is 19.3 Å². The fourth-order valence-electron chi connectivity index (χ4n) is 0.911. The molecule has 0 amide bonds. The topological polar surface area (TPSA) is 0 Å². The van der Waals surface area contributed by atoms with Crippen molar-refractivity contribution in [2.45, 2.75) is 33.1 Å². The third-order valence-electron chi connectivity index (χ3n) is 1.79. The Bertz CT molecular complexity index is 68.1. The van der Waals surface area contributed by atoms with Gasteiger partial charge in [-0.15, -0.1) is 0 Å². The zero-order chi connectivity index (χ0) is 7.11. The van der Waals surface area contributed by atoms with Crippen LogP contribution in [0.2, 0.25) is 0 Å². The molecule has 0 rings (SSSR count). The largest absolute Gasteiger partial charge is 0.0883 e. The summed E-state index contributed by atoms with van der Waals surface area (Å²) in [4.78, 5) is 0. The molecule has 0 spiro atoms. The van der Waals surface area contributed by atoms with Crippen LogP contribution in [0.25, 0.3) is 0 Å². The van der Waals surface area contributed by atoms with Gasteiger partial charge in [0, 0.05) is 0 Å². The normalized spacial score (nSPS) is 11.6. The summed E-state index contributed by atoms with van der Waals surface area (Å²) in [7, 11) is 0. The SMILES string of the molecule is [CH2]C=CCC(CC)CC. The van der Waals surface area contributed by atoms with Gasteiger partial charge in [-0.2, -0.15) is 0 Å². The molecule has 0 aromatic heterocycles. The van der Waals surface area contributed by atoms with Gasteiger partial charge in [-0.3, -0.25) is 0 Å². The molecule has 0 aromatic rings. The van der Waals surface area contributed by atoms with Gasteiger partial charge in [0.15, 0.2) is 0 Å². The summed E-state index contributed by atoms with van der Waals surface area (Å²) in [5.74, 6) is 0.878. The minimum atomic E-state index is 0.878. The maximum atomic E-state index is 3.65. The third-order valence-corrected chi connectivity index (χ3v) is 1.79. The van der Waals surface area contributed by atoms with Crippen LogP contribution in [0.1, 0.15) is 33.1 Å². The molecule has 0 atom stereocenters. The van der Waals surface area contributed by atoms with E-state index >= 15 is 0 Å². The quantitative estimate of drug-likeness (QED) is 0.541. The Kier molecular flexibility index (Phi) is 5.70. The Morgan fingerprint density at radius 1 is 1.33 bits per heavy atom. The van der Waals surface area contributed by atoms with Crippen molar-refractivity contribution in [2.24, 2.45) is 5.92 Å². The lowest BCUT2D eigenvalue weighted by Gasteiger charge is -2.06. The van der Waals surface area contributed by atoms with Crippen molar-refractivity contribution in [1.29, 1.82) is 0 Å². The molecule has 0 saturated carbocycles. The molecule has 0 aliphatic heterocycles. The van der Waals surface area contributed by atoms with Crippen molar-refractivity contribution >= 4 is 0 Å². The van der Waals surface area contributed by atoms with Gasteiger partial charge >= 0.3 is 0 Å². The lowest BCUT2D eigenvalue weighted by Crippen LogP contribution is -1.92. The summed E-state index contributed by atoms with van der Waals surface area (Å²) in [6.07, 6.45) is 7.83. The van der Waals surface area contributed by atoms with Gasteiger partial charge in [0.1, 0.15) is 0 Å². The van der Waals surface area contributed by atoms with Crippen LogP contribution < -0.4 is 0 Å². The van der Waals surface area contributed by atoms with Crippen LogP contribution in [0.5, 0.6) is 0 Å². The van der Waals surface area contributed by atoms with E-state index in [0.717, 1.165) is 5.92 Å². The van der Waals surface area contributed by atoms with E-state index < -0.39 is 0 Å². The molecule has 0 bridgehead atoms. The third kappa shape index (κ3) is 4.26. The molecule has 53 valence electrons. The van der Waals surface area contributed by atoms with Crippen molar-refractivity contribution in [1.82, 2.24) is 0 Å². The molecule has 0 saturated heterocycles. The lowest BCUT2D eigenvalue weighted by molar-refractivity contribution is 0.500. The monoisotopic (exact) mass is 125 g/mol. The molecule has 0 N–H and O–H groups in total. The van der Waals surface area contributed by atoms with E-state index in [4.69, 9.17) is 0 Å². The van der Waals surface area contributed by atoms with Gasteiger partial charge < -0.3 is 0 Å². The highest BCUT2D eigenvalue weighted by Crippen LogP contribution is 2.12. The van der Waals surface area contributed by atoms with Crippen LogP contribution in [0, 0.1) is 12.8 Å². The highest BCUT2D eigenvalue weighted by molar-refractivity contribution is 4.85. The van der Waals surface area contributed by atoms with Crippen molar-refractivity contribution in [3.8, 4) is 0 Å². The fourth-order valence-corrected chi connectivity index (χ4v) is 0.911. The number of rotatable bonds is 4. The van der Waals surface area contributed by atoms with Crippen LogP contribution in [0.3, 0.4) is 0 Å². The predicted molar refractivity (Wildman–Crippen MR) is 43.2 cm³/mol. The van der Waals surface area contributed by atoms with Gasteiger partial charge in [-0.05, 0) is 19.3 Å². The second kappa shape index (κ2) is 5.87. The summed E-state index contributed by atoms with van der Waals surface area (Å²) >= 11 is 0. The molecule has 9 heavy (non-hydrogen) atoms. The number of hydrogen-bond acceptors (Lipinski definition) is 0. The molecule has 0 heterocycles. The summed E-state index contributed by atoms with van der Waals surface area (Å²) in [6.45, 7) is 8.13. The predicted octanol–water partition coefficient (Wildman–Crippen LogP) is 3.20. The average Bonchev–Trinajstić information content (AvgIpc) is 1.91. The van der Waals surface area contributed by atoms with E-state index in [2.05, 4.69) is 26.8 Å². The van der Waals surface area contributed by atoms with Gasteiger partial charge in [-0.25, -0.2) is 0 Å². The van der Waals surface area contributed by atoms with Gasteiger partial charge in [0.05, 0.1) is 0 Å². The molecule has 0 fully saturated rings. The summed E-state index contributed by atoms with van der Waals surface area (Å²) in [5, 5.41) is 0. The lowest BCUT2D eigenvalue weighted by atomic mass is 10.00. The molecule has 0 aliphatic carbocycles. The minimum Gasteiger partial charge on any atom is -0.0883 e. The van der Waals surface area contributed by atoms with Crippen LogP contribution in [0.15, 0.2) is 12.2 Å². The first kappa shape index (κ1) is 8.74. The summed E-state index contributed by atoms with van der Waals surface area (Å²) in [5.41, 5.74) is 0. The van der Waals surface area contributed by atoms with E-state index in [9.17, 15) is 0 Å². The van der Waals surface area contributed by atoms with Gasteiger partial charge in [0.2, 0.25) is 0 Å². The maximum Gasteiger partial charge on any atom is -0.0316 e. The van der Waals surface area contributed by atoms with Gasteiger partial charge in [0.25, 0.3) is 0 Å². The molecule has 0 unspecified atom stereocenters. The van der Waals surface area contributed by atoms with E-state index in [1.54, 1.807) is 0 Å². The molecular weight excluding hydrogens is 108 g/mol. The average molecular weight is 125 g/mol. The first-order valence-electron chi connectivity index (χ1n) is 3.79. The van der Waals surface area contributed by atoms with Crippen molar-refractivity contribution in [3.05, 3.63) is 19.1 Å². The fraction of sp³-hybridized carbons (Fsp3) is 0.667. The molecular formula is C9H17. The smallest absolute Gasteiger partial charge is 0.0316 e. The Morgan fingerprint density at radius 2 is 1.89 bits per heavy atom. The van der Waals surface area contributed by atoms with Crippen molar-refractivity contribution < 1.29 is 0 Å². The van der Waals surface area contributed by atoms with E-state index in [-0.39, 0.29) is 0 Å². The molecule has 0 aliphatic rings. The second-order valence-electron chi connectivity index (χ2n) is 2.39. The van der Waals surface area contributed by atoms with Crippen LogP contribution in [0.4, 0.5) is 0 Å². The highest BCUT2D eigenvalue weighted by atomic mass is 14.0. The molecule has 1 radical (unpaired) electrons. The first-order chi connectivity index (χ1) is 4.35. The van der Waals surface area contributed by atoms with Crippen LogP contribution >= 0.6 is 0 Å². The van der Waals surface area contributed by atoms with Gasteiger partial charge in [-0.1, -0.05) is 38.8 Å². The van der Waals surface area contributed by atoms with Crippen LogP contribution in [-0.2, 0) is 0 Å². The van der Waals surface area contributed by atoms with E-state index in [1.807, 2.05) is 6.08 Å². The van der Waals surface area contributed by atoms with Crippen LogP contribution in [-0.4, -0.2) is 0 Å². The second-order valence-corrected chi connectivity index (χ2v) is 2.39. The first-order valence-corrected chi connectivity index (χ1v) is 3.79. The van der Waals surface area contributed by atoms with Crippen molar-refractivity contribution in [3.63, 3.8) is 0 Å². The molecule has 0 aromatic carbocycles.